The normalized spacial score (nSPS) is 11.9. The van der Waals surface area contributed by atoms with Crippen LogP contribution in [-0.2, 0) is 27.3 Å². The molecule has 0 aliphatic carbocycles. The number of imidazole rings is 1. The van der Waals surface area contributed by atoms with Crippen molar-refractivity contribution in [2.75, 3.05) is 19.5 Å². The second-order valence-electron chi connectivity index (χ2n) is 9.66. The van der Waals surface area contributed by atoms with Gasteiger partial charge in [0.2, 0.25) is 11.8 Å². The zero-order chi connectivity index (χ0) is 30.1. The van der Waals surface area contributed by atoms with E-state index in [2.05, 4.69) is 39.5 Å². The van der Waals surface area contributed by atoms with Gasteiger partial charge in [-0.3, -0.25) is 14.4 Å². The maximum atomic E-state index is 13.3. The highest BCUT2D eigenvalue weighted by Gasteiger charge is 2.23. The van der Waals surface area contributed by atoms with Crippen molar-refractivity contribution in [3.63, 3.8) is 0 Å². The molecule has 0 radical (unpaired) electrons. The number of benzene rings is 1. The Balaban J connectivity index is 1.88. The lowest BCUT2D eigenvalue weighted by atomic mass is 10.0. The van der Waals surface area contributed by atoms with E-state index in [0.717, 1.165) is 17.2 Å². The third kappa shape index (κ3) is 7.81. The molecule has 0 fully saturated rings. The van der Waals surface area contributed by atoms with E-state index in [1.807, 2.05) is 6.07 Å². The molecule has 3 amide bonds. The number of nitrogens with zero attached hydrogens (tertiary/aromatic N) is 3. The van der Waals surface area contributed by atoms with Crippen molar-refractivity contribution >= 4 is 40.7 Å². The van der Waals surface area contributed by atoms with Crippen LogP contribution in [0.3, 0.4) is 0 Å². The summed E-state index contributed by atoms with van der Waals surface area (Å²) in [6.07, 6.45) is 3.35. The molecule has 0 aliphatic rings. The molecule has 3 aromatic rings. The minimum absolute atomic E-state index is 0.0754. The van der Waals surface area contributed by atoms with Gasteiger partial charge in [-0.2, -0.15) is 0 Å². The number of amides is 3. The number of pyridine rings is 1. The maximum absolute atomic E-state index is 13.3. The second-order valence-corrected chi connectivity index (χ2v) is 9.66. The Kier molecular flexibility index (Phi) is 10.4. The minimum atomic E-state index is -1.23. The van der Waals surface area contributed by atoms with E-state index < -0.39 is 29.7 Å². The fourth-order valence-corrected chi connectivity index (χ4v) is 4.26. The van der Waals surface area contributed by atoms with Crippen LogP contribution in [0.1, 0.15) is 38.1 Å². The van der Waals surface area contributed by atoms with Gasteiger partial charge in [-0.25, -0.2) is 19.1 Å². The van der Waals surface area contributed by atoms with Gasteiger partial charge in [-0.15, -0.1) is 0 Å². The van der Waals surface area contributed by atoms with Crippen molar-refractivity contribution in [3.05, 3.63) is 70.4 Å². The number of anilines is 1. The Labute approximate surface area is 236 Å². The number of nitrogens with one attached hydrogen (secondary N) is 3. The molecule has 3 rings (SSSR count). The fraction of sp³-hybridized carbons (Fsp3) is 0.357. The number of likely N-dealkylation sites (N-methyl/N-ethyl adjacent to an activating group) is 1. The Morgan fingerprint density at radius 3 is 2.56 bits per heavy atom. The second kappa shape index (κ2) is 13.9. The lowest BCUT2D eigenvalue weighted by Crippen LogP contribution is -2.44. The molecule has 0 saturated carbocycles. The molecular formula is C28H34N6O7. The Morgan fingerprint density at radius 1 is 1.15 bits per heavy atom. The summed E-state index contributed by atoms with van der Waals surface area (Å²) in [5.74, 6) is -0.521. The summed E-state index contributed by atoms with van der Waals surface area (Å²) < 4.78 is 6.90. The summed E-state index contributed by atoms with van der Waals surface area (Å²) in [6, 6.07) is 7.21. The summed E-state index contributed by atoms with van der Waals surface area (Å²) in [6.45, 7) is 3.94. The zero-order valence-electron chi connectivity index (χ0n) is 23.3. The van der Waals surface area contributed by atoms with E-state index in [-0.39, 0.29) is 36.8 Å². The van der Waals surface area contributed by atoms with Crippen LogP contribution in [0.4, 0.5) is 15.3 Å². The van der Waals surface area contributed by atoms with Gasteiger partial charge in [0.15, 0.2) is 0 Å². The first-order valence-electron chi connectivity index (χ1n) is 13.0. The molecule has 0 unspecified atom stereocenters. The third-order valence-corrected chi connectivity index (χ3v) is 6.18. The van der Waals surface area contributed by atoms with Gasteiger partial charge in [-0.1, -0.05) is 32.1 Å². The van der Waals surface area contributed by atoms with Gasteiger partial charge >= 0.3 is 12.2 Å². The Morgan fingerprint density at radius 2 is 1.90 bits per heavy atom. The molecule has 13 heteroatoms. The Bertz CT molecular complexity index is 1520. The molecule has 2 aromatic heterocycles. The fourth-order valence-electron chi connectivity index (χ4n) is 4.26. The SMILES string of the molecule is CNC(=O)/C=C/CC[C@H](NC(=O)OC)C(=O)Nc1cccn(Cc2nc3c(CC(C)C)cccc3n2C(=O)O)c1=O. The molecule has 1 atom stereocenters. The molecular weight excluding hydrogens is 532 g/mol. The highest BCUT2D eigenvalue weighted by atomic mass is 16.5. The van der Waals surface area contributed by atoms with Gasteiger partial charge in [-0.05, 0) is 55.0 Å². The molecule has 0 aliphatic heterocycles. The van der Waals surface area contributed by atoms with Gasteiger partial charge in [0, 0.05) is 13.2 Å². The van der Waals surface area contributed by atoms with Crippen molar-refractivity contribution in [1.82, 2.24) is 24.8 Å². The number of alkyl carbamates (subject to hydrolysis) is 1. The molecule has 4 N–H and O–H groups in total. The number of hydrogen-bond donors (Lipinski definition) is 4. The third-order valence-electron chi connectivity index (χ3n) is 6.18. The first kappa shape index (κ1) is 30.6. The lowest BCUT2D eigenvalue weighted by Gasteiger charge is -2.17. The summed E-state index contributed by atoms with van der Waals surface area (Å²) >= 11 is 0. The van der Waals surface area contributed by atoms with E-state index >= 15 is 0 Å². The molecule has 13 nitrogen and oxygen atoms in total. The topological polar surface area (TPSA) is 174 Å². The number of hydrogen-bond acceptors (Lipinski definition) is 7. The summed E-state index contributed by atoms with van der Waals surface area (Å²) in [5.41, 5.74) is 1.21. The number of carboxylic acid groups (broad SMARTS) is 1. The molecule has 1 aromatic carbocycles. The van der Waals surface area contributed by atoms with Crippen LogP contribution in [0.5, 0.6) is 0 Å². The summed E-state index contributed by atoms with van der Waals surface area (Å²) in [7, 11) is 2.64. The first-order chi connectivity index (χ1) is 19.5. The zero-order valence-corrected chi connectivity index (χ0v) is 23.3. The van der Waals surface area contributed by atoms with Crippen LogP contribution in [0.15, 0.2) is 53.5 Å². The number of aromatic nitrogens is 3. The number of allylic oxidation sites excluding steroid dienone is 1. The molecule has 0 saturated heterocycles. The number of carbonyl (C=O) groups is 4. The molecule has 41 heavy (non-hydrogen) atoms. The highest BCUT2D eigenvalue weighted by molar-refractivity contribution is 5.96. The van der Waals surface area contributed by atoms with Gasteiger partial charge in [0.05, 0.1) is 24.7 Å². The number of rotatable bonds is 11. The highest BCUT2D eigenvalue weighted by Crippen LogP contribution is 2.23. The van der Waals surface area contributed by atoms with Crippen LogP contribution in [0.2, 0.25) is 0 Å². The predicted octanol–water partition coefficient (Wildman–Crippen LogP) is 2.72. The maximum Gasteiger partial charge on any atom is 0.417 e. The minimum Gasteiger partial charge on any atom is -0.464 e. The van der Waals surface area contributed by atoms with Crippen LogP contribution < -0.4 is 21.5 Å². The molecule has 0 bridgehead atoms. The lowest BCUT2D eigenvalue weighted by molar-refractivity contribution is -0.118. The standard InChI is InChI=1S/C28H34N6O7/c1-17(2)15-18-9-7-12-21-24(18)32-22(34(21)28(39)40)16-33-14-8-11-20(26(33)37)30-25(36)19(31-27(38)41-4)10-5-6-13-23(35)29-3/h6-9,11-14,17,19H,5,10,15-16H2,1-4H3,(H,29,35)(H,30,36)(H,31,38)(H,39,40)/b13-6+/t19-/m0/s1. The average Bonchev–Trinajstić information content (AvgIpc) is 3.31. The quantitative estimate of drug-likeness (QED) is 0.256. The van der Waals surface area contributed by atoms with Gasteiger partial charge < -0.3 is 30.4 Å². The predicted molar refractivity (Wildman–Crippen MR) is 152 cm³/mol. The van der Waals surface area contributed by atoms with E-state index in [4.69, 9.17) is 0 Å². The summed E-state index contributed by atoms with van der Waals surface area (Å²) in [5, 5.41) is 17.3. The van der Waals surface area contributed by atoms with Crippen molar-refractivity contribution in [2.45, 2.75) is 45.7 Å². The number of para-hydroxylation sites is 1. The van der Waals surface area contributed by atoms with Crippen LogP contribution in [0.25, 0.3) is 11.0 Å². The molecule has 2 heterocycles. The van der Waals surface area contributed by atoms with Gasteiger partial charge in [0.1, 0.15) is 17.6 Å². The van der Waals surface area contributed by atoms with E-state index in [1.54, 1.807) is 18.2 Å². The number of fused-ring (bicyclic) bond motifs is 1. The number of carbonyl (C=O) groups excluding carboxylic acids is 3. The Hall–Kier alpha value is -4.94. The number of methoxy groups -OCH3 is 1. The van der Waals surface area contributed by atoms with Crippen LogP contribution in [0, 0.1) is 5.92 Å². The number of ether oxygens (including phenoxy) is 1. The largest absolute Gasteiger partial charge is 0.464 e. The van der Waals surface area contributed by atoms with Crippen molar-refractivity contribution in [3.8, 4) is 0 Å². The molecule has 218 valence electrons. The van der Waals surface area contributed by atoms with Crippen molar-refractivity contribution < 1.29 is 29.0 Å². The first-order valence-corrected chi connectivity index (χ1v) is 13.0. The monoisotopic (exact) mass is 566 g/mol. The van der Waals surface area contributed by atoms with E-state index in [1.165, 1.54) is 36.0 Å². The molecule has 0 spiro atoms. The van der Waals surface area contributed by atoms with Crippen LogP contribution in [-0.4, -0.2) is 63.4 Å². The smallest absolute Gasteiger partial charge is 0.417 e. The van der Waals surface area contributed by atoms with E-state index in [0.29, 0.717) is 23.4 Å². The van der Waals surface area contributed by atoms with Crippen molar-refractivity contribution in [2.24, 2.45) is 5.92 Å². The van der Waals surface area contributed by atoms with Crippen molar-refractivity contribution in [1.29, 1.82) is 0 Å². The average molecular weight is 567 g/mol. The van der Waals surface area contributed by atoms with Gasteiger partial charge in [0.25, 0.3) is 5.56 Å². The van der Waals surface area contributed by atoms with Crippen LogP contribution >= 0.6 is 0 Å². The summed E-state index contributed by atoms with van der Waals surface area (Å²) in [4.78, 5) is 66.3. The van der Waals surface area contributed by atoms with E-state index in [9.17, 15) is 29.1 Å².